The molecule has 0 unspecified atom stereocenters. The van der Waals surface area contributed by atoms with Crippen molar-refractivity contribution >= 4 is 40.9 Å². The van der Waals surface area contributed by atoms with E-state index in [1.54, 1.807) is 12.1 Å². The highest BCUT2D eigenvalue weighted by Crippen LogP contribution is 2.43. The fourth-order valence-corrected chi connectivity index (χ4v) is 4.53. The molecular formula is C21H24Cl2N4O. The lowest BCUT2D eigenvalue weighted by Crippen LogP contribution is -2.39. The second-order valence-electron chi connectivity index (χ2n) is 7.45. The molecule has 1 aromatic heterocycles. The Labute approximate surface area is 175 Å². The predicted octanol–water partition coefficient (Wildman–Crippen LogP) is 4.22. The summed E-state index contributed by atoms with van der Waals surface area (Å²) in [6, 6.07) is 13.9. The molecule has 4 N–H and O–H groups in total. The number of hydrogen-bond acceptors (Lipinski definition) is 3. The van der Waals surface area contributed by atoms with Crippen LogP contribution in [0.3, 0.4) is 0 Å². The van der Waals surface area contributed by atoms with E-state index in [-0.39, 0.29) is 17.8 Å². The van der Waals surface area contributed by atoms with Crippen LogP contribution < -0.4 is 11.5 Å². The minimum atomic E-state index is -0.432. The number of nitrogens with two attached hydrogens (primary N) is 2. The van der Waals surface area contributed by atoms with Crippen LogP contribution in [0.5, 0.6) is 0 Å². The number of nitrogens with zero attached hydrogens (tertiary/aromatic N) is 2. The van der Waals surface area contributed by atoms with E-state index < -0.39 is 5.91 Å². The third-order valence-corrected chi connectivity index (χ3v) is 6.23. The molecule has 3 aromatic rings. The minimum Gasteiger partial charge on any atom is -0.366 e. The van der Waals surface area contributed by atoms with Crippen LogP contribution >= 0.6 is 24.0 Å². The first-order valence-corrected chi connectivity index (χ1v) is 9.63. The molecule has 2 aromatic carbocycles. The minimum absolute atomic E-state index is 0. The fraction of sp³-hybridized carbons (Fsp3) is 0.333. The Morgan fingerprint density at radius 1 is 1.21 bits per heavy atom. The van der Waals surface area contributed by atoms with Crippen molar-refractivity contribution in [2.45, 2.75) is 37.1 Å². The molecule has 148 valence electrons. The number of hydrogen-bond donors (Lipinski definition) is 2. The molecule has 1 aliphatic rings. The Kier molecular flexibility index (Phi) is 5.98. The van der Waals surface area contributed by atoms with Crippen molar-refractivity contribution in [3.05, 3.63) is 64.9 Å². The van der Waals surface area contributed by atoms with Crippen LogP contribution in [0.25, 0.3) is 11.0 Å². The van der Waals surface area contributed by atoms with Gasteiger partial charge in [-0.15, -0.1) is 12.4 Å². The van der Waals surface area contributed by atoms with Crippen LogP contribution in [0.1, 0.15) is 47.6 Å². The number of halogens is 2. The predicted molar refractivity (Wildman–Crippen MR) is 115 cm³/mol. The number of carbonyl (C=O) groups is 1. The second kappa shape index (κ2) is 8.11. The van der Waals surface area contributed by atoms with Crippen LogP contribution in [-0.2, 0) is 5.41 Å². The lowest BCUT2D eigenvalue weighted by atomic mass is 9.68. The van der Waals surface area contributed by atoms with Gasteiger partial charge in [0.05, 0.1) is 17.4 Å². The molecule has 0 saturated heterocycles. The molecule has 4 rings (SSSR count). The first kappa shape index (κ1) is 20.6. The molecule has 1 amide bonds. The highest BCUT2D eigenvalue weighted by Gasteiger charge is 2.36. The normalized spacial score (nSPS) is 22.0. The summed E-state index contributed by atoms with van der Waals surface area (Å²) in [7, 11) is 0. The molecular weight excluding hydrogens is 395 g/mol. The molecule has 0 bridgehead atoms. The lowest BCUT2D eigenvalue weighted by Gasteiger charge is -2.40. The Bertz CT molecular complexity index is 993. The molecule has 1 fully saturated rings. The maximum Gasteiger partial charge on any atom is 0.248 e. The van der Waals surface area contributed by atoms with Gasteiger partial charge in [0.15, 0.2) is 0 Å². The summed E-state index contributed by atoms with van der Waals surface area (Å²) in [6.45, 7) is 0.618. The Hall–Kier alpha value is -2.08. The number of aromatic nitrogens is 2. The van der Waals surface area contributed by atoms with Gasteiger partial charge in [0.1, 0.15) is 0 Å². The highest BCUT2D eigenvalue weighted by molar-refractivity contribution is 6.30. The summed E-state index contributed by atoms with van der Waals surface area (Å²) < 4.78 is 2.22. The van der Waals surface area contributed by atoms with Crippen molar-refractivity contribution in [3.63, 3.8) is 0 Å². The van der Waals surface area contributed by atoms with Gasteiger partial charge in [-0.2, -0.15) is 0 Å². The van der Waals surface area contributed by atoms with E-state index in [9.17, 15) is 4.79 Å². The van der Waals surface area contributed by atoms with Gasteiger partial charge in [-0.05, 0) is 61.6 Å². The van der Waals surface area contributed by atoms with Gasteiger partial charge in [0.2, 0.25) is 5.91 Å². The molecule has 5 nitrogen and oxygen atoms in total. The van der Waals surface area contributed by atoms with Gasteiger partial charge < -0.3 is 16.0 Å². The average molecular weight is 419 g/mol. The maximum absolute atomic E-state index is 11.4. The van der Waals surface area contributed by atoms with Crippen molar-refractivity contribution in [1.29, 1.82) is 0 Å². The number of fused-ring (bicyclic) bond motifs is 1. The quantitative estimate of drug-likeness (QED) is 0.664. The highest BCUT2D eigenvalue weighted by atomic mass is 35.5. The molecule has 1 aliphatic carbocycles. The number of primary amides is 1. The zero-order valence-electron chi connectivity index (χ0n) is 15.5. The van der Waals surface area contributed by atoms with E-state index in [0.29, 0.717) is 18.2 Å². The number of carbonyl (C=O) groups excluding carboxylic acids is 1. The second-order valence-corrected chi connectivity index (χ2v) is 7.88. The van der Waals surface area contributed by atoms with Crippen molar-refractivity contribution in [2.24, 2.45) is 11.5 Å². The van der Waals surface area contributed by atoms with E-state index in [1.165, 1.54) is 5.56 Å². The number of benzene rings is 2. The van der Waals surface area contributed by atoms with Crippen molar-refractivity contribution < 1.29 is 4.79 Å². The van der Waals surface area contributed by atoms with Crippen molar-refractivity contribution in [2.75, 3.05) is 6.54 Å². The zero-order chi connectivity index (χ0) is 19.0. The van der Waals surface area contributed by atoms with E-state index in [2.05, 4.69) is 15.6 Å². The number of rotatable bonds is 4. The van der Waals surface area contributed by atoms with E-state index in [0.717, 1.165) is 41.7 Å². The zero-order valence-corrected chi connectivity index (χ0v) is 17.0. The van der Waals surface area contributed by atoms with Crippen LogP contribution in [0.2, 0.25) is 5.02 Å². The van der Waals surface area contributed by atoms with Gasteiger partial charge in [-0.25, -0.2) is 4.98 Å². The SMILES string of the molecule is Cl.NCC1(c2cccc(Cl)c2)CCC(n2cnc3cc(C(N)=O)ccc32)CC1. The molecule has 0 aliphatic heterocycles. The molecule has 1 saturated carbocycles. The molecule has 0 radical (unpaired) electrons. The Balaban J connectivity index is 0.00000225. The topological polar surface area (TPSA) is 86.9 Å². The van der Waals surface area contributed by atoms with Gasteiger partial charge in [-0.1, -0.05) is 23.7 Å². The van der Waals surface area contributed by atoms with Crippen LogP contribution in [-0.4, -0.2) is 22.0 Å². The largest absolute Gasteiger partial charge is 0.366 e. The average Bonchev–Trinajstić information content (AvgIpc) is 3.11. The van der Waals surface area contributed by atoms with Gasteiger partial charge in [0.25, 0.3) is 0 Å². The first-order valence-electron chi connectivity index (χ1n) is 9.25. The van der Waals surface area contributed by atoms with Crippen LogP contribution in [0.15, 0.2) is 48.8 Å². The smallest absolute Gasteiger partial charge is 0.248 e. The number of amides is 1. The molecule has 0 atom stereocenters. The summed E-state index contributed by atoms with van der Waals surface area (Å²) in [5.74, 6) is -0.432. The fourth-order valence-electron chi connectivity index (χ4n) is 4.34. The Morgan fingerprint density at radius 2 is 1.96 bits per heavy atom. The summed E-state index contributed by atoms with van der Waals surface area (Å²) >= 11 is 6.21. The van der Waals surface area contributed by atoms with Gasteiger partial charge in [-0.3, -0.25) is 4.79 Å². The maximum atomic E-state index is 11.4. The summed E-state index contributed by atoms with van der Waals surface area (Å²) in [5.41, 5.74) is 15.1. The summed E-state index contributed by atoms with van der Waals surface area (Å²) in [6.07, 6.45) is 5.93. The standard InChI is InChI=1S/C21H23ClN4O.ClH/c22-16-3-1-2-15(11-16)21(12-23)8-6-17(7-9-21)26-13-25-18-10-14(20(24)27)4-5-19(18)26;/h1-5,10-11,13,17H,6-9,12,23H2,(H2,24,27);1H. The van der Waals surface area contributed by atoms with E-state index >= 15 is 0 Å². The third kappa shape index (κ3) is 3.62. The summed E-state index contributed by atoms with van der Waals surface area (Å²) in [5, 5.41) is 0.758. The van der Waals surface area contributed by atoms with Crippen molar-refractivity contribution in [1.82, 2.24) is 9.55 Å². The van der Waals surface area contributed by atoms with Crippen LogP contribution in [0, 0.1) is 0 Å². The Morgan fingerprint density at radius 3 is 2.61 bits per heavy atom. The monoisotopic (exact) mass is 418 g/mol. The van der Waals surface area contributed by atoms with Gasteiger partial charge in [0, 0.05) is 28.6 Å². The molecule has 28 heavy (non-hydrogen) atoms. The van der Waals surface area contributed by atoms with Crippen LogP contribution in [0.4, 0.5) is 0 Å². The van der Waals surface area contributed by atoms with E-state index in [4.69, 9.17) is 23.1 Å². The first-order chi connectivity index (χ1) is 13.0. The third-order valence-electron chi connectivity index (χ3n) is 5.99. The van der Waals surface area contributed by atoms with Gasteiger partial charge >= 0.3 is 0 Å². The summed E-state index contributed by atoms with van der Waals surface area (Å²) in [4.78, 5) is 15.9. The number of imidazole rings is 1. The van der Waals surface area contributed by atoms with Crippen molar-refractivity contribution in [3.8, 4) is 0 Å². The van der Waals surface area contributed by atoms with E-state index in [1.807, 2.05) is 30.6 Å². The molecule has 7 heteroatoms. The molecule has 1 heterocycles. The molecule has 0 spiro atoms. The lowest BCUT2D eigenvalue weighted by molar-refractivity contribution is 0.100.